The molecule has 0 saturated carbocycles. The average Bonchev–Trinajstić information content (AvgIpc) is 2.50. The van der Waals surface area contributed by atoms with Crippen LogP contribution in [0.1, 0.15) is 48.9 Å². The van der Waals surface area contributed by atoms with Crippen LogP contribution in [0.4, 0.5) is 0 Å². The first-order valence-corrected chi connectivity index (χ1v) is 7.90. The van der Waals surface area contributed by atoms with E-state index in [1.807, 2.05) is 20.0 Å². The van der Waals surface area contributed by atoms with Gasteiger partial charge in [-0.2, -0.15) is 0 Å². The number of pyridine rings is 1. The van der Waals surface area contributed by atoms with Crippen LogP contribution < -0.4 is 4.74 Å². The third-order valence-corrected chi connectivity index (χ3v) is 4.27. The van der Waals surface area contributed by atoms with Gasteiger partial charge in [0.25, 0.3) is 0 Å². The topological polar surface area (TPSA) is 51.6 Å². The summed E-state index contributed by atoms with van der Waals surface area (Å²) in [6.07, 6.45) is 7.60. The number of aromatic nitrogens is 1. The minimum absolute atomic E-state index is 0.329. The van der Waals surface area contributed by atoms with E-state index in [-0.39, 0.29) is 6.10 Å². The molecule has 4 nitrogen and oxygen atoms in total. The standard InChI is InChI=1S/C17H27NO3/c1-12-11-18-16(13(2)17(12)20-3)10-14(19)7-8-15-6-4-5-9-21-15/h11,14-15,19H,4-10H2,1-3H3. The molecule has 1 aromatic heterocycles. The second-order valence-electron chi connectivity index (χ2n) is 5.97. The Morgan fingerprint density at radius 2 is 2.24 bits per heavy atom. The maximum atomic E-state index is 10.3. The summed E-state index contributed by atoms with van der Waals surface area (Å²) in [7, 11) is 1.68. The molecule has 2 atom stereocenters. The number of aliphatic hydroxyl groups excluding tert-OH is 1. The smallest absolute Gasteiger partial charge is 0.128 e. The van der Waals surface area contributed by atoms with Crippen LogP contribution in [0, 0.1) is 13.8 Å². The molecule has 0 aliphatic carbocycles. The summed E-state index contributed by atoms with van der Waals surface area (Å²) >= 11 is 0. The first kappa shape index (κ1) is 16.2. The van der Waals surface area contributed by atoms with Gasteiger partial charge in [0.05, 0.1) is 19.3 Å². The van der Waals surface area contributed by atoms with E-state index in [9.17, 15) is 5.11 Å². The van der Waals surface area contributed by atoms with Gasteiger partial charge in [0.2, 0.25) is 0 Å². The summed E-state index contributed by atoms with van der Waals surface area (Å²) in [6.45, 7) is 4.86. The molecule has 4 heteroatoms. The van der Waals surface area contributed by atoms with Gasteiger partial charge in [-0.15, -0.1) is 0 Å². The molecule has 0 radical (unpaired) electrons. The van der Waals surface area contributed by atoms with Crippen LogP contribution in [-0.4, -0.2) is 36.0 Å². The second-order valence-corrected chi connectivity index (χ2v) is 5.97. The van der Waals surface area contributed by atoms with Crippen LogP contribution in [-0.2, 0) is 11.2 Å². The van der Waals surface area contributed by atoms with Gasteiger partial charge >= 0.3 is 0 Å². The molecule has 1 aliphatic heterocycles. The van der Waals surface area contributed by atoms with Crippen molar-refractivity contribution in [1.29, 1.82) is 0 Å². The number of aryl methyl sites for hydroxylation is 1. The van der Waals surface area contributed by atoms with Crippen LogP contribution in [0.5, 0.6) is 5.75 Å². The molecule has 1 aliphatic rings. The first-order chi connectivity index (χ1) is 10.1. The van der Waals surface area contributed by atoms with E-state index >= 15 is 0 Å². The Morgan fingerprint density at radius 1 is 1.43 bits per heavy atom. The minimum atomic E-state index is -0.367. The zero-order valence-corrected chi connectivity index (χ0v) is 13.4. The fourth-order valence-corrected chi connectivity index (χ4v) is 3.02. The second kappa shape index (κ2) is 7.76. The third-order valence-electron chi connectivity index (χ3n) is 4.27. The number of hydrogen-bond donors (Lipinski definition) is 1. The average molecular weight is 293 g/mol. The Kier molecular flexibility index (Phi) is 6.00. The molecule has 2 unspecified atom stereocenters. The molecule has 1 fully saturated rings. The van der Waals surface area contributed by atoms with Crippen molar-refractivity contribution in [3.8, 4) is 5.75 Å². The molecule has 0 bridgehead atoms. The van der Waals surface area contributed by atoms with Gasteiger partial charge in [-0.3, -0.25) is 4.98 Å². The fraction of sp³-hybridized carbons (Fsp3) is 0.706. The number of aliphatic hydroxyl groups is 1. The highest BCUT2D eigenvalue weighted by atomic mass is 16.5. The van der Waals surface area contributed by atoms with Crippen molar-refractivity contribution in [3.05, 3.63) is 23.0 Å². The molecule has 1 aromatic rings. The molecule has 2 heterocycles. The molecular formula is C17H27NO3. The maximum absolute atomic E-state index is 10.3. The Bertz CT molecular complexity index is 456. The van der Waals surface area contributed by atoms with Crippen molar-refractivity contribution in [3.63, 3.8) is 0 Å². The third kappa shape index (κ3) is 4.42. The lowest BCUT2D eigenvalue weighted by Crippen LogP contribution is -2.22. The highest BCUT2D eigenvalue weighted by molar-refractivity contribution is 5.41. The van der Waals surface area contributed by atoms with Crippen molar-refractivity contribution in [2.45, 2.75) is 64.6 Å². The molecule has 0 aromatic carbocycles. The Balaban J connectivity index is 1.88. The lowest BCUT2D eigenvalue weighted by Gasteiger charge is -2.23. The monoisotopic (exact) mass is 293 g/mol. The van der Waals surface area contributed by atoms with Gasteiger partial charge in [-0.05, 0) is 46.0 Å². The minimum Gasteiger partial charge on any atom is -0.496 e. The van der Waals surface area contributed by atoms with Crippen LogP contribution in [0.3, 0.4) is 0 Å². The fourth-order valence-electron chi connectivity index (χ4n) is 3.02. The van der Waals surface area contributed by atoms with Crippen molar-refractivity contribution in [2.24, 2.45) is 0 Å². The van der Waals surface area contributed by atoms with E-state index < -0.39 is 0 Å². The van der Waals surface area contributed by atoms with Gasteiger partial charge in [0, 0.05) is 36.0 Å². The normalized spacial score (nSPS) is 20.3. The molecule has 0 spiro atoms. The highest BCUT2D eigenvalue weighted by Crippen LogP contribution is 2.25. The SMILES string of the molecule is COc1c(C)cnc(CC(O)CCC2CCCCO2)c1C. The van der Waals surface area contributed by atoms with Gasteiger partial charge in [0.15, 0.2) is 0 Å². The Hall–Kier alpha value is -1.13. The Morgan fingerprint density at radius 3 is 2.90 bits per heavy atom. The number of methoxy groups -OCH3 is 1. The van der Waals surface area contributed by atoms with Crippen molar-refractivity contribution < 1.29 is 14.6 Å². The number of rotatable bonds is 6. The zero-order chi connectivity index (χ0) is 15.2. The molecular weight excluding hydrogens is 266 g/mol. The summed E-state index contributed by atoms with van der Waals surface area (Å²) < 4.78 is 11.1. The lowest BCUT2D eigenvalue weighted by molar-refractivity contribution is 0.00227. The van der Waals surface area contributed by atoms with E-state index in [4.69, 9.17) is 9.47 Å². The van der Waals surface area contributed by atoms with Gasteiger partial charge in [-0.25, -0.2) is 0 Å². The largest absolute Gasteiger partial charge is 0.496 e. The number of ether oxygens (including phenoxy) is 2. The molecule has 1 saturated heterocycles. The van der Waals surface area contributed by atoms with E-state index in [0.717, 1.165) is 48.4 Å². The highest BCUT2D eigenvalue weighted by Gasteiger charge is 2.17. The zero-order valence-electron chi connectivity index (χ0n) is 13.4. The Labute approximate surface area is 127 Å². The van der Waals surface area contributed by atoms with Crippen LogP contribution in [0.25, 0.3) is 0 Å². The van der Waals surface area contributed by atoms with E-state index in [1.54, 1.807) is 7.11 Å². The summed E-state index contributed by atoms with van der Waals surface area (Å²) in [6, 6.07) is 0. The summed E-state index contributed by atoms with van der Waals surface area (Å²) in [5.74, 6) is 0.878. The van der Waals surface area contributed by atoms with E-state index in [0.29, 0.717) is 12.5 Å². The predicted octanol–water partition coefficient (Wildman–Crippen LogP) is 2.96. The summed E-state index contributed by atoms with van der Waals surface area (Å²) in [5.41, 5.74) is 2.99. The van der Waals surface area contributed by atoms with Crippen molar-refractivity contribution in [2.75, 3.05) is 13.7 Å². The number of hydrogen-bond acceptors (Lipinski definition) is 4. The van der Waals surface area contributed by atoms with Crippen LogP contribution >= 0.6 is 0 Å². The van der Waals surface area contributed by atoms with Crippen molar-refractivity contribution >= 4 is 0 Å². The summed E-state index contributed by atoms with van der Waals surface area (Å²) in [4.78, 5) is 4.45. The predicted molar refractivity (Wildman–Crippen MR) is 82.8 cm³/mol. The summed E-state index contributed by atoms with van der Waals surface area (Å²) in [5, 5.41) is 10.3. The maximum Gasteiger partial charge on any atom is 0.128 e. The van der Waals surface area contributed by atoms with Crippen LogP contribution in [0.2, 0.25) is 0 Å². The molecule has 21 heavy (non-hydrogen) atoms. The van der Waals surface area contributed by atoms with Gasteiger partial charge in [-0.1, -0.05) is 0 Å². The lowest BCUT2D eigenvalue weighted by atomic mass is 9.99. The van der Waals surface area contributed by atoms with E-state index in [1.165, 1.54) is 12.8 Å². The molecule has 0 amide bonds. The first-order valence-electron chi connectivity index (χ1n) is 7.90. The molecule has 1 N–H and O–H groups in total. The van der Waals surface area contributed by atoms with Crippen molar-refractivity contribution in [1.82, 2.24) is 4.98 Å². The quantitative estimate of drug-likeness (QED) is 0.876. The van der Waals surface area contributed by atoms with Gasteiger partial charge in [0.1, 0.15) is 5.75 Å². The van der Waals surface area contributed by atoms with Gasteiger partial charge < -0.3 is 14.6 Å². The van der Waals surface area contributed by atoms with E-state index in [2.05, 4.69) is 4.98 Å². The molecule has 2 rings (SSSR count). The number of nitrogens with zero attached hydrogens (tertiary/aromatic N) is 1. The van der Waals surface area contributed by atoms with Crippen LogP contribution in [0.15, 0.2) is 6.20 Å². The molecule has 118 valence electrons.